The second kappa shape index (κ2) is 6.21. The third-order valence-corrected chi connectivity index (χ3v) is 3.56. The fourth-order valence-electron chi connectivity index (χ4n) is 2.57. The second-order valence-corrected chi connectivity index (χ2v) is 5.14. The van der Waals surface area contributed by atoms with Crippen LogP contribution in [-0.4, -0.2) is 27.5 Å². The monoisotopic (exact) mass is 252 g/mol. The fourth-order valence-corrected chi connectivity index (χ4v) is 2.57. The highest BCUT2D eigenvalue weighted by Crippen LogP contribution is 2.33. The molecule has 0 bridgehead atoms. The highest BCUT2D eigenvalue weighted by Gasteiger charge is 2.21. The predicted molar refractivity (Wildman–Crippen MR) is 72.9 cm³/mol. The van der Waals surface area contributed by atoms with Crippen LogP contribution >= 0.6 is 0 Å². The summed E-state index contributed by atoms with van der Waals surface area (Å²) in [7, 11) is 0. The number of phenolic OH excluding ortho intramolecular Hbond substituents is 1. The van der Waals surface area contributed by atoms with Crippen molar-refractivity contribution in [3.8, 4) is 5.75 Å². The van der Waals surface area contributed by atoms with Gasteiger partial charge in [0.25, 0.3) is 0 Å². The predicted octanol–water partition coefficient (Wildman–Crippen LogP) is 2.63. The van der Waals surface area contributed by atoms with Crippen molar-refractivity contribution in [2.24, 2.45) is 0 Å². The van der Waals surface area contributed by atoms with Crippen molar-refractivity contribution in [3.05, 3.63) is 28.8 Å². The third kappa shape index (κ3) is 3.47. The van der Waals surface area contributed by atoms with Gasteiger partial charge in [-0.2, -0.15) is 0 Å². The van der Waals surface area contributed by atoms with Crippen molar-refractivity contribution >= 4 is 0 Å². The van der Waals surface area contributed by atoms with E-state index in [-0.39, 0.29) is 11.7 Å². The minimum Gasteiger partial charge on any atom is -0.508 e. The van der Waals surface area contributed by atoms with Crippen LogP contribution in [0.1, 0.15) is 49.3 Å². The Morgan fingerprint density at radius 3 is 2.00 bits per heavy atom. The van der Waals surface area contributed by atoms with Gasteiger partial charge >= 0.3 is 0 Å². The normalized spacial score (nSPS) is 16.3. The first kappa shape index (κ1) is 15.0. The van der Waals surface area contributed by atoms with Gasteiger partial charge < -0.3 is 15.3 Å². The van der Waals surface area contributed by atoms with Crippen molar-refractivity contribution in [1.29, 1.82) is 0 Å². The molecule has 0 aliphatic heterocycles. The van der Waals surface area contributed by atoms with Crippen molar-refractivity contribution in [2.45, 2.75) is 58.7 Å². The molecule has 0 aliphatic carbocycles. The van der Waals surface area contributed by atoms with Gasteiger partial charge in [0.15, 0.2) is 0 Å². The van der Waals surface area contributed by atoms with E-state index in [0.29, 0.717) is 6.42 Å². The zero-order chi connectivity index (χ0) is 13.9. The Balaban J connectivity index is 3.02. The van der Waals surface area contributed by atoms with Crippen LogP contribution in [0.25, 0.3) is 0 Å². The Hall–Kier alpha value is -1.06. The van der Waals surface area contributed by atoms with Gasteiger partial charge in [0.1, 0.15) is 5.75 Å². The number of rotatable bonds is 5. The summed E-state index contributed by atoms with van der Waals surface area (Å²) in [6.45, 7) is 7.62. The Morgan fingerprint density at radius 2 is 1.61 bits per heavy atom. The minimum absolute atomic E-state index is 0.204. The number of aromatic hydroxyl groups is 1. The molecule has 3 atom stereocenters. The Morgan fingerprint density at radius 1 is 1.11 bits per heavy atom. The zero-order valence-electron chi connectivity index (χ0n) is 11.6. The first-order valence-corrected chi connectivity index (χ1v) is 6.53. The molecule has 1 aromatic rings. The van der Waals surface area contributed by atoms with Crippen molar-refractivity contribution < 1.29 is 15.3 Å². The summed E-state index contributed by atoms with van der Waals surface area (Å²) in [4.78, 5) is 0. The molecule has 18 heavy (non-hydrogen) atoms. The number of aliphatic hydroxyl groups excluding tert-OH is 2. The molecular weight excluding hydrogens is 228 g/mol. The van der Waals surface area contributed by atoms with Crippen LogP contribution in [0.15, 0.2) is 12.1 Å². The lowest BCUT2D eigenvalue weighted by Gasteiger charge is -2.24. The van der Waals surface area contributed by atoms with Crippen molar-refractivity contribution in [1.82, 2.24) is 0 Å². The molecule has 102 valence electrons. The first-order valence-electron chi connectivity index (χ1n) is 6.53. The van der Waals surface area contributed by atoms with E-state index in [4.69, 9.17) is 0 Å². The summed E-state index contributed by atoms with van der Waals surface area (Å²) in [6, 6.07) is 3.50. The minimum atomic E-state index is -0.711. The van der Waals surface area contributed by atoms with Crippen LogP contribution in [0, 0.1) is 13.8 Å². The summed E-state index contributed by atoms with van der Waals surface area (Å²) >= 11 is 0. The second-order valence-electron chi connectivity index (χ2n) is 5.14. The molecule has 3 heteroatoms. The molecule has 0 aromatic heterocycles. The largest absolute Gasteiger partial charge is 0.508 e. The maximum absolute atomic E-state index is 9.83. The lowest BCUT2D eigenvalue weighted by atomic mass is 9.84. The van der Waals surface area contributed by atoms with Gasteiger partial charge in [-0.05, 0) is 68.4 Å². The van der Waals surface area contributed by atoms with Gasteiger partial charge in [-0.1, -0.05) is 6.92 Å². The van der Waals surface area contributed by atoms with Crippen LogP contribution < -0.4 is 0 Å². The van der Waals surface area contributed by atoms with Crippen LogP contribution in [0.4, 0.5) is 0 Å². The van der Waals surface area contributed by atoms with Crippen LogP contribution in [0.5, 0.6) is 5.75 Å². The molecule has 0 saturated carbocycles. The molecule has 0 aliphatic rings. The molecule has 3 unspecified atom stereocenters. The third-order valence-electron chi connectivity index (χ3n) is 3.56. The molecule has 0 spiro atoms. The Kier molecular flexibility index (Phi) is 5.17. The molecular formula is C15H24O3. The standard InChI is InChI=1S/C15H24O3/c1-5-12(8-14(18)11(4)16)15-9(2)6-13(17)7-10(15)3/h6-7,11-12,14,16-18H,5,8H2,1-4H3. The Labute approximate surface area is 109 Å². The number of aliphatic hydroxyl groups is 2. The smallest absolute Gasteiger partial charge is 0.116 e. The first-order chi connectivity index (χ1) is 8.36. The molecule has 1 aromatic carbocycles. The van der Waals surface area contributed by atoms with E-state index < -0.39 is 12.2 Å². The molecule has 3 N–H and O–H groups in total. The summed E-state index contributed by atoms with van der Waals surface area (Å²) in [5.41, 5.74) is 3.25. The molecule has 0 saturated heterocycles. The van der Waals surface area contributed by atoms with E-state index >= 15 is 0 Å². The van der Waals surface area contributed by atoms with E-state index in [1.165, 1.54) is 5.56 Å². The topological polar surface area (TPSA) is 60.7 Å². The van der Waals surface area contributed by atoms with Gasteiger partial charge in [0, 0.05) is 0 Å². The highest BCUT2D eigenvalue weighted by atomic mass is 16.3. The SMILES string of the molecule is CCC(CC(O)C(C)O)c1c(C)cc(O)cc1C. The summed E-state index contributed by atoms with van der Waals surface area (Å²) in [6.07, 6.45) is 0.0240. The number of hydrogen-bond acceptors (Lipinski definition) is 3. The molecule has 0 heterocycles. The van der Waals surface area contributed by atoms with Crippen molar-refractivity contribution in [2.75, 3.05) is 0 Å². The van der Waals surface area contributed by atoms with Crippen LogP contribution in [-0.2, 0) is 0 Å². The van der Waals surface area contributed by atoms with Crippen molar-refractivity contribution in [3.63, 3.8) is 0 Å². The summed E-state index contributed by atoms with van der Waals surface area (Å²) in [5, 5.41) is 28.8. The Bertz CT molecular complexity index is 376. The van der Waals surface area contributed by atoms with Gasteiger partial charge in [-0.3, -0.25) is 0 Å². The molecule has 3 nitrogen and oxygen atoms in total. The maximum Gasteiger partial charge on any atom is 0.116 e. The maximum atomic E-state index is 9.83. The highest BCUT2D eigenvalue weighted by molar-refractivity contribution is 5.42. The molecule has 0 amide bonds. The molecule has 1 rings (SSSR count). The van der Waals surface area contributed by atoms with E-state index in [1.807, 2.05) is 13.8 Å². The summed E-state index contributed by atoms with van der Waals surface area (Å²) < 4.78 is 0. The molecule has 0 radical (unpaired) electrons. The quantitative estimate of drug-likeness (QED) is 0.755. The molecule has 0 fully saturated rings. The van der Waals surface area contributed by atoms with E-state index in [9.17, 15) is 15.3 Å². The average Bonchev–Trinajstić information content (AvgIpc) is 2.25. The van der Waals surface area contributed by atoms with Gasteiger partial charge in [0.05, 0.1) is 12.2 Å². The number of hydrogen-bond donors (Lipinski definition) is 3. The zero-order valence-corrected chi connectivity index (χ0v) is 11.6. The average molecular weight is 252 g/mol. The number of aryl methyl sites for hydroxylation is 2. The van der Waals surface area contributed by atoms with Gasteiger partial charge in [-0.25, -0.2) is 0 Å². The fraction of sp³-hybridized carbons (Fsp3) is 0.600. The van der Waals surface area contributed by atoms with Crippen LogP contribution in [0.3, 0.4) is 0 Å². The van der Waals surface area contributed by atoms with Gasteiger partial charge in [0.2, 0.25) is 0 Å². The van der Waals surface area contributed by atoms with Gasteiger partial charge in [-0.15, -0.1) is 0 Å². The van der Waals surface area contributed by atoms with Crippen LogP contribution in [0.2, 0.25) is 0 Å². The lowest BCUT2D eigenvalue weighted by molar-refractivity contribution is 0.0214. The lowest BCUT2D eigenvalue weighted by Crippen LogP contribution is -2.25. The summed E-state index contributed by atoms with van der Waals surface area (Å²) in [5.74, 6) is 0.481. The number of benzene rings is 1. The van der Waals surface area contributed by atoms with E-state index in [2.05, 4.69) is 6.92 Å². The number of phenols is 1. The van der Waals surface area contributed by atoms with E-state index in [0.717, 1.165) is 17.5 Å². The van der Waals surface area contributed by atoms with E-state index in [1.54, 1.807) is 19.1 Å².